The maximum absolute atomic E-state index is 12.7. The molecule has 0 atom stereocenters. The molecule has 0 saturated heterocycles. The Labute approximate surface area is 175 Å². The summed E-state index contributed by atoms with van der Waals surface area (Å²) in [5.41, 5.74) is 3.35. The Balaban J connectivity index is 1.42. The summed E-state index contributed by atoms with van der Waals surface area (Å²) in [5.74, 6) is 0.0711. The van der Waals surface area contributed by atoms with Crippen molar-refractivity contribution >= 4 is 28.2 Å². The normalized spacial score (nSPS) is 10.8. The van der Waals surface area contributed by atoms with Crippen molar-refractivity contribution in [3.8, 4) is 17.0 Å². The van der Waals surface area contributed by atoms with Gasteiger partial charge in [-0.15, -0.1) is 5.10 Å². The van der Waals surface area contributed by atoms with Gasteiger partial charge in [0.2, 0.25) is 0 Å². The summed E-state index contributed by atoms with van der Waals surface area (Å²) >= 11 is 1.30. The van der Waals surface area contributed by atoms with E-state index in [1.165, 1.54) is 17.6 Å². The van der Waals surface area contributed by atoms with Gasteiger partial charge in [-0.2, -0.15) is 0 Å². The molecule has 2 aromatic heterocycles. The summed E-state index contributed by atoms with van der Waals surface area (Å²) in [6, 6.07) is 14.2. The van der Waals surface area contributed by atoms with Gasteiger partial charge >= 0.3 is 0 Å². The first-order valence-electron chi connectivity index (χ1n) is 9.23. The van der Waals surface area contributed by atoms with Crippen LogP contribution in [-0.4, -0.2) is 31.9 Å². The molecule has 0 fully saturated rings. The van der Waals surface area contributed by atoms with Crippen molar-refractivity contribution in [1.82, 2.24) is 19.6 Å². The first-order chi connectivity index (χ1) is 14.7. The quantitative estimate of drug-likeness (QED) is 0.269. The third kappa shape index (κ3) is 4.22. The van der Waals surface area contributed by atoms with Crippen LogP contribution in [0.3, 0.4) is 0 Å². The fourth-order valence-electron chi connectivity index (χ4n) is 3.12. The fourth-order valence-corrected chi connectivity index (χ4v) is 3.59. The van der Waals surface area contributed by atoms with E-state index in [-0.39, 0.29) is 11.1 Å². The number of amides is 1. The lowest BCUT2D eigenvalue weighted by Crippen LogP contribution is -2.22. The lowest BCUT2D eigenvalue weighted by molar-refractivity contribution is 0.0706. The number of hydroxylamine groups is 1. The second-order valence-corrected chi connectivity index (χ2v) is 7.19. The number of ether oxygens (including phenoxy) is 1. The highest BCUT2D eigenvalue weighted by Gasteiger charge is 2.09. The molecule has 0 radical (unpaired) electrons. The van der Waals surface area contributed by atoms with Gasteiger partial charge in [0.25, 0.3) is 11.5 Å². The number of carbonyl (C=O) groups is 1. The molecular weight excluding hydrogens is 404 g/mol. The van der Waals surface area contributed by atoms with Crippen LogP contribution in [0.2, 0.25) is 0 Å². The zero-order valence-electron chi connectivity index (χ0n) is 15.8. The molecule has 0 aliphatic rings. The van der Waals surface area contributed by atoms with E-state index in [9.17, 15) is 9.59 Å². The van der Waals surface area contributed by atoms with Crippen LogP contribution in [-0.2, 0) is 6.54 Å². The Morgan fingerprint density at radius 1 is 1.20 bits per heavy atom. The second kappa shape index (κ2) is 8.85. The number of pyridine rings is 1. The Hall–Kier alpha value is -3.56. The van der Waals surface area contributed by atoms with E-state index in [1.807, 2.05) is 35.7 Å². The Bertz CT molecular complexity index is 1240. The molecule has 0 aliphatic heterocycles. The molecule has 2 aromatic carbocycles. The van der Waals surface area contributed by atoms with Crippen LogP contribution in [0.25, 0.3) is 22.0 Å². The number of carbonyl (C=O) groups excluding carboxylic acids is 1. The number of hydrogen-bond acceptors (Lipinski definition) is 7. The highest BCUT2D eigenvalue weighted by molar-refractivity contribution is 7.03. The van der Waals surface area contributed by atoms with Crippen molar-refractivity contribution in [2.75, 3.05) is 6.61 Å². The molecule has 2 N–H and O–H groups in total. The number of hydrogen-bond donors (Lipinski definition) is 2. The van der Waals surface area contributed by atoms with Crippen LogP contribution in [0.5, 0.6) is 5.75 Å². The maximum Gasteiger partial charge on any atom is 0.274 e. The molecule has 1 amide bonds. The summed E-state index contributed by atoms with van der Waals surface area (Å²) in [6.45, 7) is 0.914. The van der Waals surface area contributed by atoms with Crippen LogP contribution >= 0.6 is 11.5 Å². The predicted octanol–water partition coefficient (Wildman–Crippen LogP) is 3.11. The standard InChI is InChI=1S/C21H18N4O4S/c26-20(23-28)16-6-5-14-7-9-25(21(27)18(14)12-16)8-2-10-29-17-4-1-3-15(11-17)19-13-30-24-22-19/h1,3-7,9,11-13,28H,2,8,10H2,(H,23,26). The summed E-state index contributed by atoms with van der Waals surface area (Å²) in [4.78, 5) is 24.4. The van der Waals surface area contributed by atoms with E-state index in [0.717, 1.165) is 22.4 Å². The molecule has 0 bridgehead atoms. The summed E-state index contributed by atoms with van der Waals surface area (Å²) in [5, 5.41) is 15.9. The molecule has 30 heavy (non-hydrogen) atoms. The Kier molecular flexibility index (Phi) is 5.82. The number of benzene rings is 2. The van der Waals surface area contributed by atoms with Gasteiger partial charge in [-0.25, -0.2) is 5.48 Å². The number of nitrogens with zero attached hydrogens (tertiary/aromatic N) is 3. The first-order valence-corrected chi connectivity index (χ1v) is 10.1. The van der Waals surface area contributed by atoms with Gasteiger partial charge in [-0.3, -0.25) is 14.8 Å². The van der Waals surface area contributed by atoms with Crippen molar-refractivity contribution in [1.29, 1.82) is 0 Å². The summed E-state index contributed by atoms with van der Waals surface area (Å²) in [6.07, 6.45) is 2.36. The van der Waals surface area contributed by atoms with Crippen LogP contribution in [0.1, 0.15) is 16.8 Å². The first kappa shape index (κ1) is 19.7. The van der Waals surface area contributed by atoms with Crippen molar-refractivity contribution in [2.45, 2.75) is 13.0 Å². The molecule has 4 rings (SSSR count). The summed E-state index contributed by atoms with van der Waals surface area (Å²) < 4.78 is 11.3. The largest absolute Gasteiger partial charge is 0.494 e. The average molecular weight is 422 g/mol. The van der Waals surface area contributed by atoms with Crippen LogP contribution < -0.4 is 15.8 Å². The number of nitrogens with one attached hydrogen (secondary N) is 1. The number of rotatable bonds is 7. The number of fused-ring (bicyclic) bond motifs is 1. The highest BCUT2D eigenvalue weighted by atomic mass is 32.1. The van der Waals surface area contributed by atoms with Crippen molar-refractivity contribution in [3.05, 3.63) is 76.0 Å². The van der Waals surface area contributed by atoms with E-state index >= 15 is 0 Å². The molecule has 0 saturated carbocycles. The zero-order valence-corrected chi connectivity index (χ0v) is 16.6. The molecule has 9 heteroatoms. The average Bonchev–Trinajstić information content (AvgIpc) is 3.32. The minimum absolute atomic E-state index is 0.196. The molecule has 4 aromatic rings. The monoisotopic (exact) mass is 422 g/mol. The van der Waals surface area contributed by atoms with E-state index < -0.39 is 5.91 Å². The molecule has 2 heterocycles. The molecule has 8 nitrogen and oxygen atoms in total. The zero-order chi connectivity index (χ0) is 20.9. The van der Waals surface area contributed by atoms with E-state index in [1.54, 1.807) is 28.4 Å². The molecule has 0 unspecified atom stereocenters. The van der Waals surface area contributed by atoms with Crippen molar-refractivity contribution < 1.29 is 14.7 Å². The minimum Gasteiger partial charge on any atom is -0.494 e. The van der Waals surface area contributed by atoms with Gasteiger partial charge in [0.1, 0.15) is 11.4 Å². The molecular formula is C21H18N4O4S. The predicted molar refractivity (Wildman–Crippen MR) is 113 cm³/mol. The van der Waals surface area contributed by atoms with Gasteiger partial charge < -0.3 is 9.30 Å². The number of aryl methyl sites for hydroxylation is 1. The minimum atomic E-state index is -0.657. The van der Waals surface area contributed by atoms with Gasteiger partial charge in [-0.1, -0.05) is 22.7 Å². The maximum atomic E-state index is 12.7. The lowest BCUT2D eigenvalue weighted by Gasteiger charge is -2.10. The third-order valence-electron chi connectivity index (χ3n) is 4.64. The molecule has 0 aliphatic carbocycles. The second-order valence-electron chi connectivity index (χ2n) is 6.58. The van der Waals surface area contributed by atoms with Crippen molar-refractivity contribution in [2.24, 2.45) is 0 Å². The van der Waals surface area contributed by atoms with E-state index in [2.05, 4.69) is 9.59 Å². The summed E-state index contributed by atoms with van der Waals surface area (Å²) in [7, 11) is 0. The fraction of sp³-hybridized carbons (Fsp3) is 0.143. The van der Waals surface area contributed by atoms with E-state index in [0.29, 0.717) is 25.0 Å². The number of aromatic nitrogens is 3. The van der Waals surface area contributed by atoms with Gasteiger partial charge in [-0.05, 0) is 53.7 Å². The SMILES string of the molecule is O=C(NO)c1ccc2ccn(CCCOc3cccc(-c4csnn4)c3)c(=O)c2c1. The smallest absolute Gasteiger partial charge is 0.274 e. The van der Waals surface area contributed by atoms with E-state index in [4.69, 9.17) is 9.94 Å². The molecule has 152 valence electrons. The van der Waals surface area contributed by atoms with Gasteiger partial charge in [0.15, 0.2) is 0 Å². The van der Waals surface area contributed by atoms with Crippen molar-refractivity contribution in [3.63, 3.8) is 0 Å². The lowest BCUT2D eigenvalue weighted by atomic mass is 10.1. The third-order valence-corrected chi connectivity index (χ3v) is 5.15. The highest BCUT2D eigenvalue weighted by Crippen LogP contribution is 2.22. The van der Waals surface area contributed by atoms with Crippen LogP contribution in [0.4, 0.5) is 0 Å². The van der Waals surface area contributed by atoms with Gasteiger partial charge in [0, 0.05) is 34.6 Å². The Morgan fingerprint density at radius 3 is 2.90 bits per heavy atom. The topological polar surface area (TPSA) is 106 Å². The van der Waals surface area contributed by atoms with Crippen LogP contribution in [0.15, 0.2) is 64.9 Å². The van der Waals surface area contributed by atoms with Crippen LogP contribution in [0, 0.1) is 0 Å². The Morgan fingerprint density at radius 2 is 2.10 bits per heavy atom. The molecule has 0 spiro atoms. The van der Waals surface area contributed by atoms with Gasteiger partial charge in [0.05, 0.1) is 6.61 Å².